The zero-order valence-corrected chi connectivity index (χ0v) is 7.97. The normalized spacial score (nSPS) is 15.2. The minimum Gasteiger partial charge on any atom is -0.382 e. The van der Waals surface area contributed by atoms with E-state index in [1.165, 1.54) is 0 Å². The molecule has 70 valence electrons. The van der Waals surface area contributed by atoms with Crippen molar-refractivity contribution in [3.63, 3.8) is 0 Å². The molecule has 2 heteroatoms. The summed E-state index contributed by atoms with van der Waals surface area (Å²) >= 11 is 0. The molecule has 0 aliphatic carbocycles. The molecule has 0 saturated heterocycles. The Kier molecular flexibility index (Phi) is 4.83. The highest BCUT2D eigenvalue weighted by atomic mass is 16.3. The molecule has 0 fully saturated rings. The lowest BCUT2D eigenvalue weighted by molar-refractivity contribution is -0.136. The van der Waals surface area contributed by atoms with E-state index in [9.17, 15) is 9.90 Å². The lowest BCUT2D eigenvalue weighted by Crippen LogP contribution is -2.33. The maximum absolute atomic E-state index is 11.3. The van der Waals surface area contributed by atoms with E-state index in [1.807, 2.05) is 6.92 Å². The Hall–Kier alpha value is -0.630. The van der Waals surface area contributed by atoms with E-state index in [2.05, 4.69) is 6.58 Å². The van der Waals surface area contributed by atoms with Crippen molar-refractivity contribution in [1.29, 1.82) is 0 Å². The van der Waals surface area contributed by atoms with E-state index < -0.39 is 5.60 Å². The fraction of sp³-hybridized carbons (Fsp3) is 0.700. The topological polar surface area (TPSA) is 37.3 Å². The number of carbonyl (C=O) groups is 1. The molecule has 0 amide bonds. The van der Waals surface area contributed by atoms with Crippen molar-refractivity contribution in [1.82, 2.24) is 0 Å². The van der Waals surface area contributed by atoms with Crippen LogP contribution in [0.4, 0.5) is 0 Å². The van der Waals surface area contributed by atoms with Crippen molar-refractivity contribution in [3.8, 4) is 0 Å². The molecule has 0 spiro atoms. The SMILES string of the molecule is C=CCCCC(=O)C(C)(O)CC. The third-order valence-electron chi connectivity index (χ3n) is 2.10. The van der Waals surface area contributed by atoms with Crippen LogP contribution < -0.4 is 0 Å². The fourth-order valence-corrected chi connectivity index (χ4v) is 0.873. The number of carbonyl (C=O) groups excluding carboxylic acids is 1. The van der Waals surface area contributed by atoms with Gasteiger partial charge in [0.1, 0.15) is 5.60 Å². The van der Waals surface area contributed by atoms with Crippen molar-refractivity contribution in [2.24, 2.45) is 0 Å². The number of aliphatic hydroxyl groups is 1. The Morgan fingerprint density at radius 2 is 2.25 bits per heavy atom. The Balaban J connectivity index is 3.79. The van der Waals surface area contributed by atoms with Gasteiger partial charge in [-0.25, -0.2) is 0 Å². The highest BCUT2D eigenvalue weighted by Crippen LogP contribution is 2.13. The fourth-order valence-electron chi connectivity index (χ4n) is 0.873. The molecule has 0 aliphatic heterocycles. The molecule has 1 N–H and O–H groups in total. The van der Waals surface area contributed by atoms with Gasteiger partial charge in [0.05, 0.1) is 0 Å². The highest BCUT2D eigenvalue weighted by Gasteiger charge is 2.26. The quantitative estimate of drug-likeness (QED) is 0.489. The van der Waals surface area contributed by atoms with Gasteiger partial charge in [-0.3, -0.25) is 4.79 Å². The summed E-state index contributed by atoms with van der Waals surface area (Å²) in [6, 6.07) is 0. The molecule has 0 bridgehead atoms. The molecule has 2 nitrogen and oxygen atoms in total. The van der Waals surface area contributed by atoms with Gasteiger partial charge in [0, 0.05) is 6.42 Å². The molecule has 0 aromatic carbocycles. The molecule has 0 rings (SSSR count). The van der Waals surface area contributed by atoms with Crippen molar-refractivity contribution < 1.29 is 9.90 Å². The number of rotatable bonds is 6. The van der Waals surface area contributed by atoms with Crippen LogP contribution in [0, 0.1) is 0 Å². The van der Waals surface area contributed by atoms with E-state index in [0.29, 0.717) is 12.8 Å². The van der Waals surface area contributed by atoms with Crippen LogP contribution >= 0.6 is 0 Å². The van der Waals surface area contributed by atoms with E-state index >= 15 is 0 Å². The lowest BCUT2D eigenvalue weighted by Gasteiger charge is -2.18. The largest absolute Gasteiger partial charge is 0.382 e. The summed E-state index contributed by atoms with van der Waals surface area (Å²) in [6.45, 7) is 6.95. The number of allylic oxidation sites excluding steroid dienone is 1. The van der Waals surface area contributed by atoms with Crippen LogP contribution in [0.15, 0.2) is 12.7 Å². The van der Waals surface area contributed by atoms with Crippen molar-refractivity contribution in [2.75, 3.05) is 0 Å². The first-order valence-electron chi connectivity index (χ1n) is 4.41. The van der Waals surface area contributed by atoms with E-state index in [0.717, 1.165) is 12.8 Å². The minimum absolute atomic E-state index is 0.0631. The monoisotopic (exact) mass is 170 g/mol. The van der Waals surface area contributed by atoms with Gasteiger partial charge in [0.25, 0.3) is 0 Å². The van der Waals surface area contributed by atoms with Crippen LogP contribution in [-0.4, -0.2) is 16.5 Å². The Morgan fingerprint density at radius 3 is 2.67 bits per heavy atom. The van der Waals surface area contributed by atoms with Gasteiger partial charge in [-0.1, -0.05) is 13.0 Å². The van der Waals surface area contributed by atoms with Crippen molar-refractivity contribution >= 4 is 5.78 Å². The summed E-state index contributed by atoms with van der Waals surface area (Å²) in [5.41, 5.74) is -1.12. The number of Topliss-reactive ketones (excluding diaryl/α,β-unsaturated/α-hetero) is 1. The summed E-state index contributed by atoms with van der Waals surface area (Å²) in [7, 11) is 0. The van der Waals surface area contributed by atoms with Gasteiger partial charge in [-0.05, 0) is 26.2 Å². The zero-order valence-electron chi connectivity index (χ0n) is 7.97. The van der Waals surface area contributed by atoms with Gasteiger partial charge < -0.3 is 5.11 Å². The average molecular weight is 170 g/mol. The van der Waals surface area contributed by atoms with Gasteiger partial charge in [0.2, 0.25) is 0 Å². The van der Waals surface area contributed by atoms with Crippen molar-refractivity contribution in [2.45, 2.75) is 45.1 Å². The second kappa shape index (κ2) is 5.09. The molecule has 1 atom stereocenters. The molecule has 12 heavy (non-hydrogen) atoms. The number of hydrogen-bond donors (Lipinski definition) is 1. The van der Waals surface area contributed by atoms with Crippen LogP contribution in [-0.2, 0) is 4.79 Å². The van der Waals surface area contributed by atoms with Gasteiger partial charge in [-0.15, -0.1) is 6.58 Å². The molecular formula is C10H18O2. The average Bonchev–Trinajstić information content (AvgIpc) is 2.05. The molecule has 0 saturated carbocycles. The van der Waals surface area contributed by atoms with Gasteiger partial charge in [0.15, 0.2) is 5.78 Å². The highest BCUT2D eigenvalue weighted by molar-refractivity contribution is 5.86. The number of unbranched alkanes of at least 4 members (excludes halogenated alkanes) is 1. The molecule has 0 aliphatic rings. The van der Waals surface area contributed by atoms with Crippen LogP contribution in [0.3, 0.4) is 0 Å². The Bertz CT molecular complexity index is 159. The maximum Gasteiger partial charge on any atom is 0.164 e. The van der Waals surface area contributed by atoms with Crippen LogP contribution in [0.1, 0.15) is 39.5 Å². The lowest BCUT2D eigenvalue weighted by atomic mass is 9.94. The van der Waals surface area contributed by atoms with Crippen LogP contribution in [0.5, 0.6) is 0 Å². The third kappa shape index (κ3) is 3.67. The second-order valence-electron chi connectivity index (χ2n) is 3.23. The molecule has 0 aromatic rings. The Morgan fingerprint density at radius 1 is 1.67 bits per heavy atom. The predicted molar refractivity (Wildman–Crippen MR) is 50.0 cm³/mol. The van der Waals surface area contributed by atoms with E-state index in [4.69, 9.17) is 0 Å². The Labute approximate surface area is 74.3 Å². The summed E-state index contributed by atoms with van der Waals surface area (Å²) in [4.78, 5) is 11.3. The van der Waals surface area contributed by atoms with Crippen LogP contribution in [0.2, 0.25) is 0 Å². The third-order valence-corrected chi connectivity index (χ3v) is 2.10. The molecule has 0 heterocycles. The number of hydrogen-bond acceptors (Lipinski definition) is 2. The minimum atomic E-state index is -1.12. The van der Waals surface area contributed by atoms with Crippen molar-refractivity contribution in [3.05, 3.63) is 12.7 Å². The molecule has 0 radical (unpaired) electrons. The first kappa shape index (κ1) is 11.4. The summed E-state index contributed by atoms with van der Waals surface area (Å²) in [5, 5.41) is 9.52. The summed E-state index contributed by atoms with van der Waals surface area (Å²) < 4.78 is 0. The van der Waals surface area contributed by atoms with Gasteiger partial charge in [-0.2, -0.15) is 0 Å². The first-order valence-corrected chi connectivity index (χ1v) is 4.41. The number of ketones is 1. The van der Waals surface area contributed by atoms with Crippen LogP contribution in [0.25, 0.3) is 0 Å². The van der Waals surface area contributed by atoms with E-state index in [-0.39, 0.29) is 5.78 Å². The maximum atomic E-state index is 11.3. The first-order chi connectivity index (χ1) is 5.54. The molecule has 0 aromatic heterocycles. The summed E-state index contributed by atoms with van der Waals surface area (Å²) in [6.07, 6.45) is 4.35. The molecular weight excluding hydrogens is 152 g/mol. The second-order valence-corrected chi connectivity index (χ2v) is 3.23. The summed E-state index contributed by atoms with van der Waals surface area (Å²) in [5.74, 6) is -0.0631. The smallest absolute Gasteiger partial charge is 0.164 e. The standard InChI is InChI=1S/C10H18O2/c1-4-6-7-8-9(11)10(3,12)5-2/h4,12H,1,5-8H2,2-3H3. The van der Waals surface area contributed by atoms with Gasteiger partial charge >= 0.3 is 0 Å². The predicted octanol–water partition coefficient (Wildman–Crippen LogP) is 2.07. The molecule has 1 unspecified atom stereocenters. The van der Waals surface area contributed by atoms with E-state index in [1.54, 1.807) is 13.0 Å². The zero-order chi connectivity index (χ0) is 9.61.